The topological polar surface area (TPSA) is 12.4 Å². The lowest BCUT2D eigenvalue weighted by Gasteiger charge is -2.12. The molecule has 1 saturated carbocycles. The number of dihydropyridines is 1. The maximum Gasteiger partial charge on any atom is 0.0562 e. The first kappa shape index (κ1) is 5.21. The summed E-state index contributed by atoms with van der Waals surface area (Å²) in [5, 5.41) is 0. The first-order valence-electron chi connectivity index (χ1n) is 3.67. The molecule has 2 rings (SSSR count). The molecule has 1 nitrogen and oxygen atoms in total. The van der Waals surface area contributed by atoms with Crippen molar-refractivity contribution in [2.75, 3.05) is 0 Å². The molecular formula is C8H11N. The zero-order valence-electron chi connectivity index (χ0n) is 5.46. The van der Waals surface area contributed by atoms with Gasteiger partial charge in [-0.2, -0.15) is 0 Å². The van der Waals surface area contributed by atoms with Crippen LogP contribution in [-0.2, 0) is 0 Å². The molecule has 1 heterocycles. The minimum absolute atomic E-state index is 0.648. The van der Waals surface area contributed by atoms with Gasteiger partial charge in [0, 0.05) is 6.21 Å². The van der Waals surface area contributed by atoms with Gasteiger partial charge in [0.05, 0.1) is 6.04 Å². The van der Waals surface area contributed by atoms with Crippen molar-refractivity contribution in [2.24, 2.45) is 10.9 Å². The molecule has 0 saturated heterocycles. The fourth-order valence-corrected chi connectivity index (χ4v) is 1.73. The maximum absolute atomic E-state index is 4.38. The van der Waals surface area contributed by atoms with E-state index in [2.05, 4.69) is 17.1 Å². The first-order valence-corrected chi connectivity index (χ1v) is 3.67. The van der Waals surface area contributed by atoms with Crippen LogP contribution in [0.3, 0.4) is 0 Å². The highest BCUT2D eigenvalue weighted by molar-refractivity contribution is 5.72. The first-order chi connectivity index (χ1) is 4.47. The Bertz CT molecular complexity index is 140. The van der Waals surface area contributed by atoms with Gasteiger partial charge in [0.15, 0.2) is 0 Å². The molecule has 1 aliphatic carbocycles. The molecule has 0 spiro atoms. The minimum Gasteiger partial charge on any atom is -0.289 e. The van der Waals surface area contributed by atoms with Gasteiger partial charge in [-0.25, -0.2) is 0 Å². The van der Waals surface area contributed by atoms with E-state index in [1.165, 1.54) is 19.3 Å². The molecule has 2 unspecified atom stereocenters. The van der Waals surface area contributed by atoms with Crippen LogP contribution in [0.15, 0.2) is 17.1 Å². The van der Waals surface area contributed by atoms with Crippen LogP contribution in [0, 0.1) is 5.92 Å². The van der Waals surface area contributed by atoms with E-state index in [1.807, 2.05) is 6.21 Å². The van der Waals surface area contributed by atoms with Crippen molar-refractivity contribution in [3.63, 3.8) is 0 Å². The summed E-state index contributed by atoms with van der Waals surface area (Å²) >= 11 is 0. The number of fused-ring (bicyclic) bond motifs is 1. The fraction of sp³-hybridized carbons (Fsp3) is 0.625. The quantitative estimate of drug-likeness (QED) is 0.463. The number of allylic oxidation sites excluding steroid dienone is 1. The monoisotopic (exact) mass is 121 g/mol. The van der Waals surface area contributed by atoms with Gasteiger partial charge in [-0.05, 0) is 24.8 Å². The Hall–Kier alpha value is -0.590. The summed E-state index contributed by atoms with van der Waals surface area (Å²) < 4.78 is 0. The predicted molar refractivity (Wildman–Crippen MR) is 38.8 cm³/mol. The van der Waals surface area contributed by atoms with E-state index in [1.54, 1.807) is 0 Å². The second kappa shape index (κ2) is 1.98. The van der Waals surface area contributed by atoms with Crippen LogP contribution in [0.1, 0.15) is 19.3 Å². The molecule has 1 fully saturated rings. The summed E-state index contributed by atoms with van der Waals surface area (Å²) in [7, 11) is 0. The molecule has 0 N–H and O–H groups in total. The number of hydrogen-bond acceptors (Lipinski definition) is 1. The lowest BCUT2D eigenvalue weighted by Crippen LogP contribution is -2.11. The number of aliphatic imine (C=N–C) groups is 1. The van der Waals surface area contributed by atoms with Crippen molar-refractivity contribution < 1.29 is 0 Å². The predicted octanol–water partition coefficient (Wildman–Crippen LogP) is 1.80. The van der Waals surface area contributed by atoms with Crippen molar-refractivity contribution in [3.8, 4) is 0 Å². The molecule has 48 valence electrons. The van der Waals surface area contributed by atoms with Gasteiger partial charge < -0.3 is 0 Å². The SMILES string of the molecule is C1=CC2CCCC2N=C1. The van der Waals surface area contributed by atoms with E-state index < -0.39 is 0 Å². The van der Waals surface area contributed by atoms with E-state index in [9.17, 15) is 0 Å². The van der Waals surface area contributed by atoms with E-state index in [0.29, 0.717) is 6.04 Å². The lowest BCUT2D eigenvalue weighted by molar-refractivity contribution is 0.581. The van der Waals surface area contributed by atoms with E-state index in [0.717, 1.165) is 5.92 Å². The summed E-state index contributed by atoms with van der Waals surface area (Å²) in [4.78, 5) is 4.38. The number of rotatable bonds is 0. The van der Waals surface area contributed by atoms with Gasteiger partial charge in [-0.3, -0.25) is 4.99 Å². The molecule has 1 aliphatic heterocycles. The Labute approximate surface area is 55.5 Å². The van der Waals surface area contributed by atoms with Crippen LogP contribution < -0.4 is 0 Å². The molecule has 2 atom stereocenters. The number of nitrogens with zero attached hydrogens (tertiary/aromatic N) is 1. The third-order valence-electron chi connectivity index (χ3n) is 2.25. The molecule has 9 heavy (non-hydrogen) atoms. The van der Waals surface area contributed by atoms with Crippen molar-refractivity contribution in [1.82, 2.24) is 0 Å². The van der Waals surface area contributed by atoms with Crippen molar-refractivity contribution in [2.45, 2.75) is 25.3 Å². The highest BCUT2D eigenvalue weighted by Crippen LogP contribution is 2.30. The third-order valence-corrected chi connectivity index (χ3v) is 2.25. The molecule has 0 bridgehead atoms. The van der Waals surface area contributed by atoms with Crippen LogP contribution in [0.5, 0.6) is 0 Å². The van der Waals surface area contributed by atoms with Crippen LogP contribution >= 0.6 is 0 Å². The van der Waals surface area contributed by atoms with E-state index in [-0.39, 0.29) is 0 Å². The molecule has 0 aromatic carbocycles. The van der Waals surface area contributed by atoms with Gasteiger partial charge in [0.25, 0.3) is 0 Å². The normalized spacial score (nSPS) is 39.1. The Morgan fingerprint density at radius 3 is 3.22 bits per heavy atom. The second-order valence-corrected chi connectivity index (χ2v) is 2.85. The van der Waals surface area contributed by atoms with Crippen LogP contribution in [0.25, 0.3) is 0 Å². The standard InChI is InChI=1S/C8H11N/c1-3-7-4-2-6-9-8(7)5-1/h2,4,6-8H,1,3,5H2. The van der Waals surface area contributed by atoms with Gasteiger partial charge >= 0.3 is 0 Å². The van der Waals surface area contributed by atoms with Crippen LogP contribution in [0.2, 0.25) is 0 Å². The Kier molecular flexibility index (Phi) is 1.15. The molecule has 0 aromatic rings. The Balaban J connectivity index is 2.18. The summed E-state index contributed by atoms with van der Waals surface area (Å²) in [6, 6.07) is 0.648. The number of hydrogen-bond donors (Lipinski definition) is 0. The van der Waals surface area contributed by atoms with Gasteiger partial charge in [-0.1, -0.05) is 12.5 Å². The average molecular weight is 121 g/mol. The van der Waals surface area contributed by atoms with Crippen molar-refractivity contribution in [1.29, 1.82) is 0 Å². The minimum atomic E-state index is 0.648. The summed E-state index contributed by atoms with van der Waals surface area (Å²) in [5.74, 6) is 0.787. The van der Waals surface area contributed by atoms with Gasteiger partial charge in [0.2, 0.25) is 0 Å². The molecule has 0 amide bonds. The molecular weight excluding hydrogens is 110 g/mol. The molecule has 2 aliphatic rings. The molecule has 0 aromatic heterocycles. The Morgan fingerprint density at radius 1 is 1.33 bits per heavy atom. The highest BCUT2D eigenvalue weighted by atomic mass is 14.8. The zero-order chi connectivity index (χ0) is 6.10. The molecule has 1 heteroatoms. The van der Waals surface area contributed by atoms with Gasteiger partial charge in [0.1, 0.15) is 0 Å². The summed E-state index contributed by atoms with van der Waals surface area (Å²) in [5.41, 5.74) is 0. The van der Waals surface area contributed by atoms with Crippen LogP contribution in [0.4, 0.5) is 0 Å². The lowest BCUT2D eigenvalue weighted by atomic mass is 10.0. The van der Waals surface area contributed by atoms with E-state index in [4.69, 9.17) is 0 Å². The van der Waals surface area contributed by atoms with Gasteiger partial charge in [-0.15, -0.1) is 0 Å². The summed E-state index contributed by atoms with van der Waals surface area (Å²) in [6.45, 7) is 0. The van der Waals surface area contributed by atoms with E-state index >= 15 is 0 Å². The summed E-state index contributed by atoms with van der Waals surface area (Å²) in [6.07, 6.45) is 10.4. The van der Waals surface area contributed by atoms with Crippen molar-refractivity contribution >= 4 is 6.21 Å². The third kappa shape index (κ3) is 0.805. The fourth-order valence-electron chi connectivity index (χ4n) is 1.73. The van der Waals surface area contributed by atoms with Crippen LogP contribution in [-0.4, -0.2) is 12.3 Å². The average Bonchev–Trinajstić information content (AvgIpc) is 2.33. The van der Waals surface area contributed by atoms with Crippen molar-refractivity contribution in [3.05, 3.63) is 12.2 Å². The smallest absolute Gasteiger partial charge is 0.0562 e. The highest BCUT2D eigenvalue weighted by Gasteiger charge is 2.24. The zero-order valence-corrected chi connectivity index (χ0v) is 5.46. The molecule has 0 radical (unpaired) electrons. The largest absolute Gasteiger partial charge is 0.289 e. The second-order valence-electron chi connectivity index (χ2n) is 2.85. The Morgan fingerprint density at radius 2 is 2.33 bits per heavy atom. The maximum atomic E-state index is 4.38.